The number of carbonyl (C=O) groups excluding carboxylic acids is 2. The molecule has 2 amide bonds. The molecule has 2 aliphatic rings. The second kappa shape index (κ2) is 11.6. The maximum absolute atomic E-state index is 13.4. The van der Waals surface area contributed by atoms with Gasteiger partial charge in [-0.3, -0.25) is 14.5 Å². The van der Waals surface area contributed by atoms with Crippen molar-refractivity contribution in [3.05, 3.63) is 81.4 Å². The van der Waals surface area contributed by atoms with Crippen LogP contribution in [0.5, 0.6) is 0 Å². The first kappa shape index (κ1) is 28.6. The van der Waals surface area contributed by atoms with Crippen molar-refractivity contribution in [2.45, 2.75) is 32.9 Å². The Labute approximate surface area is 254 Å². The van der Waals surface area contributed by atoms with Gasteiger partial charge in [-0.25, -0.2) is 9.97 Å². The van der Waals surface area contributed by atoms with E-state index in [1.165, 1.54) is 0 Å². The zero-order chi connectivity index (χ0) is 30.2. The molecule has 11 nitrogen and oxygen atoms in total. The molecule has 0 aliphatic carbocycles. The quantitative estimate of drug-likeness (QED) is 0.307. The Hall–Kier alpha value is -4.50. The molecular formula is C31H32ClN9O2. The number of benzene rings is 2. The van der Waals surface area contributed by atoms with Gasteiger partial charge in [-0.2, -0.15) is 5.26 Å². The van der Waals surface area contributed by atoms with Gasteiger partial charge in [0, 0.05) is 75.6 Å². The highest BCUT2D eigenvalue weighted by atomic mass is 35.5. The molecule has 2 aromatic carbocycles. The minimum Gasteiger partial charge on any atom is -0.327 e. The zero-order valence-electron chi connectivity index (χ0n) is 24.3. The van der Waals surface area contributed by atoms with E-state index < -0.39 is 5.91 Å². The van der Waals surface area contributed by atoms with Crippen molar-refractivity contribution in [1.82, 2.24) is 29.3 Å². The summed E-state index contributed by atoms with van der Waals surface area (Å²) in [5.74, 6) is -0.173. The highest BCUT2D eigenvalue weighted by molar-refractivity contribution is 6.36. The van der Waals surface area contributed by atoms with Crippen molar-refractivity contribution in [3.8, 4) is 17.2 Å². The summed E-state index contributed by atoms with van der Waals surface area (Å²) in [6, 6.07) is 12.7. The first-order valence-electron chi connectivity index (χ1n) is 14.3. The average Bonchev–Trinajstić information content (AvgIpc) is 3.54. The summed E-state index contributed by atoms with van der Waals surface area (Å²) < 4.78 is 3.66. The number of nitriles is 1. The number of halogens is 1. The fraction of sp³-hybridized carbons (Fsp3) is 0.323. The van der Waals surface area contributed by atoms with Gasteiger partial charge in [0.1, 0.15) is 6.07 Å². The lowest BCUT2D eigenvalue weighted by molar-refractivity contribution is 0.100. The number of fused-ring (bicyclic) bond motifs is 2. The van der Waals surface area contributed by atoms with Gasteiger partial charge >= 0.3 is 0 Å². The van der Waals surface area contributed by atoms with E-state index in [4.69, 9.17) is 11.6 Å². The van der Waals surface area contributed by atoms with E-state index in [2.05, 4.69) is 43.8 Å². The Morgan fingerprint density at radius 3 is 2.26 bits per heavy atom. The van der Waals surface area contributed by atoms with E-state index in [9.17, 15) is 14.9 Å². The van der Waals surface area contributed by atoms with Gasteiger partial charge < -0.3 is 25.1 Å². The van der Waals surface area contributed by atoms with E-state index in [0.29, 0.717) is 47.2 Å². The fourth-order valence-corrected chi connectivity index (χ4v) is 6.18. The summed E-state index contributed by atoms with van der Waals surface area (Å²) in [7, 11) is 3.68. The molecular weight excluding hydrogens is 566 g/mol. The predicted molar refractivity (Wildman–Crippen MR) is 164 cm³/mol. The fourth-order valence-electron chi connectivity index (χ4n) is 5.91. The number of amides is 2. The van der Waals surface area contributed by atoms with Crippen LogP contribution in [0.25, 0.3) is 11.1 Å². The van der Waals surface area contributed by atoms with Crippen molar-refractivity contribution in [2.75, 3.05) is 30.3 Å². The standard InChI is InChI=1S/C31H32ClN9O2/c1-4-41-14-12-26-24(17-41)36-29(40(26)3)30(42)37-21-9-5-7-18(20(21)15-33)19-8-6-10-22(27(19)32)38-31(43)28-35-23-16-34-13-11-25(23)39(28)2/h5-10,34H,4,11-14,16-17H2,1-3H3,(H,37,42)(H,38,43). The molecule has 2 aliphatic heterocycles. The molecule has 12 heteroatoms. The Balaban J connectivity index is 1.27. The number of carbonyl (C=O) groups is 2. The molecule has 0 unspecified atom stereocenters. The Bertz CT molecular complexity index is 1800. The SMILES string of the molecule is CCN1CCc2c(nc(C(=O)Nc3cccc(-c4cccc(NC(=O)c5nc6c(n5C)CCNC6)c4Cl)c3C#N)n2C)C1. The minimum absolute atomic E-state index is 0.252. The molecule has 4 aromatic rings. The van der Waals surface area contributed by atoms with Crippen LogP contribution in [-0.2, 0) is 40.0 Å². The largest absolute Gasteiger partial charge is 0.327 e. The molecule has 0 saturated heterocycles. The molecule has 4 heterocycles. The maximum atomic E-state index is 13.4. The van der Waals surface area contributed by atoms with Gasteiger partial charge in [0.05, 0.1) is 33.3 Å². The van der Waals surface area contributed by atoms with Crippen LogP contribution >= 0.6 is 11.6 Å². The average molecular weight is 598 g/mol. The predicted octanol–water partition coefficient (Wildman–Crippen LogP) is 3.87. The van der Waals surface area contributed by atoms with Crippen molar-refractivity contribution in [3.63, 3.8) is 0 Å². The first-order chi connectivity index (χ1) is 20.8. The summed E-state index contributed by atoms with van der Waals surface area (Å²) in [5.41, 5.74) is 5.92. The van der Waals surface area contributed by atoms with Crippen LogP contribution in [0.1, 0.15) is 56.5 Å². The molecule has 2 aromatic heterocycles. The number of rotatable bonds is 6. The van der Waals surface area contributed by atoms with E-state index in [1.54, 1.807) is 36.4 Å². The van der Waals surface area contributed by atoms with Crippen molar-refractivity contribution < 1.29 is 9.59 Å². The summed E-state index contributed by atoms with van der Waals surface area (Å²) in [5, 5.41) is 19.5. The molecule has 220 valence electrons. The lowest BCUT2D eigenvalue weighted by Crippen LogP contribution is -2.30. The number of anilines is 2. The lowest BCUT2D eigenvalue weighted by atomic mass is 9.98. The van der Waals surface area contributed by atoms with Gasteiger partial charge in [-0.05, 0) is 18.7 Å². The highest BCUT2D eigenvalue weighted by Crippen LogP contribution is 2.38. The van der Waals surface area contributed by atoms with Gasteiger partial charge in [0.2, 0.25) is 0 Å². The maximum Gasteiger partial charge on any atom is 0.291 e. The summed E-state index contributed by atoms with van der Waals surface area (Å²) >= 11 is 6.84. The monoisotopic (exact) mass is 597 g/mol. The van der Waals surface area contributed by atoms with Crippen LogP contribution in [0.15, 0.2) is 36.4 Å². The smallest absolute Gasteiger partial charge is 0.291 e. The minimum atomic E-state index is -0.395. The Morgan fingerprint density at radius 2 is 1.58 bits per heavy atom. The number of likely N-dealkylation sites (N-methyl/N-ethyl adjacent to an activating group) is 1. The third kappa shape index (κ3) is 5.18. The second-order valence-corrected chi connectivity index (χ2v) is 11.1. The highest BCUT2D eigenvalue weighted by Gasteiger charge is 2.26. The number of imidazole rings is 2. The van der Waals surface area contributed by atoms with Gasteiger partial charge in [0.25, 0.3) is 11.8 Å². The van der Waals surface area contributed by atoms with Crippen molar-refractivity contribution in [2.24, 2.45) is 14.1 Å². The van der Waals surface area contributed by atoms with Crippen LogP contribution in [0.4, 0.5) is 11.4 Å². The molecule has 6 rings (SSSR count). The molecule has 0 radical (unpaired) electrons. The molecule has 3 N–H and O–H groups in total. The third-order valence-corrected chi connectivity index (χ3v) is 8.68. The van der Waals surface area contributed by atoms with Crippen molar-refractivity contribution >= 4 is 34.8 Å². The first-order valence-corrected chi connectivity index (χ1v) is 14.6. The summed E-state index contributed by atoms with van der Waals surface area (Å²) in [4.78, 5) is 38.1. The van der Waals surface area contributed by atoms with Gasteiger partial charge in [-0.1, -0.05) is 42.8 Å². The van der Waals surface area contributed by atoms with Gasteiger partial charge in [-0.15, -0.1) is 0 Å². The van der Waals surface area contributed by atoms with Crippen LogP contribution < -0.4 is 16.0 Å². The Morgan fingerprint density at radius 1 is 0.953 bits per heavy atom. The molecule has 0 spiro atoms. The number of aromatic nitrogens is 4. The van der Waals surface area contributed by atoms with E-state index >= 15 is 0 Å². The molecule has 43 heavy (non-hydrogen) atoms. The van der Waals surface area contributed by atoms with Gasteiger partial charge in [0.15, 0.2) is 11.6 Å². The summed E-state index contributed by atoms with van der Waals surface area (Å²) in [6.07, 6.45) is 1.62. The molecule has 0 atom stereocenters. The van der Waals surface area contributed by atoms with Crippen LogP contribution in [0, 0.1) is 11.3 Å². The second-order valence-electron chi connectivity index (χ2n) is 10.7. The molecule has 0 bridgehead atoms. The molecule has 0 saturated carbocycles. The number of hydrogen-bond donors (Lipinski definition) is 3. The van der Waals surface area contributed by atoms with Crippen LogP contribution in [0.2, 0.25) is 5.02 Å². The molecule has 0 fully saturated rings. The Kier molecular flexibility index (Phi) is 7.75. The summed E-state index contributed by atoms with van der Waals surface area (Å²) in [6.45, 7) is 6.12. The number of nitrogens with one attached hydrogen (secondary N) is 3. The third-order valence-electron chi connectivity index (χ3n) is 8.28. The van der Waals surface area contributed by atoms with E-state index in [-0.39, 0.29) is 16.5 Å². The van der Waals surface area contributed by atoms with E-state index in [0.717, 1.165) is 55.3 Å². The topological polar surface area (TPSA) is 133 Å². The number of nitrogens with zero attached hydrogens (tertiary/aromatic N) is 6. The number of hydrogen-bond acceptors (Lipinski definition) is 7. The lowest BCUT2D eigenvalue weighted by Gasteiger charge is -2.24. The zero-order valence-corrected chi connectivity index (χ0v) is 25.0. The van der Waals surface area contributed by atoms with Crippen LogP contribution in [0.3, 0.4) is 0 Å². The van der Waals surface area contributed by atoms with E-state index in [1.807, 2.05) is 23.2 Å². The van der Waals surface area contributed by atoms with Crippen molar-refractivity contribution in [1.29, 1.82) is 5.26 Å². The normalized spacial score (nSPS) is 14.5. The van der Waals surface area contributed by atoms with Crippen LogP contribution in [-0.4, -0.2) is 55.5 Å².